The van der Waals surface area contributed by atoms with Gasteiger partial charge in [0.1, 0.15) is 23.4 Å². The number of nitrogens with zero attached hydrogens (tertiary/aromatic N) is 3. The predicted molar refractivity (Wildman–Crippen MR) is 119 cm³/mol. The lowest BCUT2D eigenvalue weighted by atomic mass is 10.0. The SMILES string of the molecule is CCOC(=O)CNC(=O)c1c(O)c(-c2ccccn2)cc2ncc(-c3ccccc3)nc12. The number of pyridine rings is 1. The highest BCUT2D eigenvalue weighted by Crippen LogP contribution is 2.36. The van der Waals surface area contributed by atoms with Crippen molar-refractivity contribution in [3.8, 4) is 28.3 Å². The molecule has 0 aliphatic carbocycles. The third kappa shape index (κ3) is 4.24. The average molecular weight is 428 g/mol. The molecule has 0 aliphatic heterocycles. The smallest absolute Gasteiger partial charge is 0.325 e. The molecule has 32 heavy (non-hydrogen) atoms. The Balaban J connectivity index is 1.86. The molecular formula is C24H20N4O4. The molecule has 4 rings (SSSR count). The van der Waals surface area contributed by atoms with Crippen molar-refractivity contribution in [1.82, 2.24) is 20.3 Å². The quantitative estimate of drug-likeness (QED) is 0.453. The summed E-state index contributed by atoms with van der Waals surface area (Å²) in [7, 11) is 0. The highest BCUT2D eigenvalue weighted by Gasteiger charge is 2.23. The molecule has 2 N–H and O–H groups in total. The fourth-order valence-corrected chi connectivity index (χ4v) is 3.27. The first-order chi connectivity index (χ1) is 15.6. The summed E-state index contributed by atoms with van der Waals surface area (Å²) in [5, 5.41) is 13.5. The first-order valence-corrected chi connectivity index (χ1v) is 10.0. The molecule has 2 heterocycles. The van der Waals surface area contributed by atoms with Crippen LogP contribution in [-0.4, -0.2) is 45.1 Å². The van der Waals surface area contributed by atoms with E-state index >= 15 is 0 Å². The number of carbonyl (C=O) groups is 2. The summed E-state index contributed by atoms with van der Waals surface area (Å²) in [6, 6.07) is 16.3. The topological polar surface area (TPSA) is 114 Å². The average Bonchev–Trinajstić information content (AvgIpc) is 2.83. The molecule has 8 nitrogen and oxygen atoms in total. The van der Waals surface area contributed by atoms with Crippen LogP contribution in [0.1, 0.15) is 17.3 Å². The van der Waals surface area contributed by atoms with Gasteiger partial charge in [0.15, 0.2) is 0 Å². The van der Waals surface area contributed by atoms with Crippen LogP contribution in [0, 0.1) is 0 Å². The molecule has 0 aliphatic rings. The summed E-state index contributed by atoms with van der Waals surface area (Å²) in [5.74, 6) is -1.54. The standard InChI is InChI=1S/C24H20N4O4/c1-2-32-20(29)14-27-24(31)21-22-18(12-16(23(21)30)17-10-6-7-11-25-17)26-13-19(28-22)15-8-4-3-5-9-15/h3-13,30H,2,14H2,1H3,(H,27,31). The van der Waals surface area contributed by atoms with E-state index < -0.39 is 11.9 Å². The number of amides is 1. The Morgan fingerprint density at radius 2 is 1.81 bits per heavy atom. The van der Waals surface area contributed by atoms with Gasteiger partial charge in [0.2, 0.25) is 0 Å². The van der Waals surface area contributed by atoms with Gasteiger partial charge in [-0.05, 0) is 25.1 Å². The Morgan fingerprint density at radius 3 is 2.53 bits per heavy atom. The number of phenols is 1. The maximum atomic E-state index is 13.1. The number of aromatic hydroxyl groups is 1. The largest absolute Gasteiger partial charge is 0.506 e. The molecule has 8 heteroatoms. The molecule has 0 bridgehead atoms. The molecule has 0 atom stereocenters. The highest BCUT2D eigenvalue weighted by molar-refractivity contribution is 6.10. The van der Waals surface area contributed by atoms with Crippen LogP contribution >= 0.6 is 0 Å². The molecule has 0 unspecified atom stereocenters. The molecule has 2 aromatic heterocycles. The maximum absolute atomic E-state index is 13.1. The van der Waals surface area contributed by atoms with Crippen LogP contribution in [0.4, 0.5) is 0 Å². The second-order valence-corrected chi connectivity index (χ2v) is 6.84. The molecule has 0 fully saturated rings. The van der Waals surface area contributed by atoms with Gasteiger partial charge >= 0.3 is 5.97 Å². The first kappa shape index (κ1) is 20.9. The van der Waals surface area contributed by atoms with Crippen LogP contribution < -0.4 is 5.32 Å². The number of benzene rings is 2. The van der Waals surface area contributed by atoms with Crippen molar-refractivity contribution >= 4 is 22.9 Å². The third-order valence-corrected chi connectivity index (χ3v) is 4.75. The van der Waals surface area contributed by atoms with Gasteiger partial charge in [-0.3, -0.25) is 19.6 Å². The van der Waals surface area contributed by atoms with E-state index in [0.29, 0.717) is 22.5 Å². The van der Waals surface area contributed by atoms with E-state index in [0.717, 1.165) is 5.56 Å². The second kappa shape index (κ2) is 9.22. The molecule has 1 amide bonds. The van der Waals surface area contributed by atoms with E-state index in [1.165, 1.54) is 0 Å². The summed E-state index contributed by atoms with van der Waals surface area (Å²) in [6.45, 7) is 1.53. The van der Waals surface area contributed by atoms with Crippen molar-refractivity contribution < 1.29 is 19.4 Å². The van der Waals surface area contributed by atoms with E-state index in [4.69, 9.17) is 4.74 Å². The number of hydrogen-bond acceptors (Lipinski definition) is 7. The third-order valence-electron chi connectivity index (χ3n) is 4.75. The van der Waals surface area contributed by atoms with Crippen molar-refractivity contribution in [2.75, 3.05) is 13.2 Å². The van der Waals surface area contributed by atoms with Crippen LogP contribution in [0.3, 0.4) is 0 Å². The second-order valence-electron chi connectivity index (χ2n) is 6.84. The normalized spacial score (nSPS) is 10.7. The molecule has 2 aromatic carbocycles. The fraction of sp³-hybridized carbons (Fsp3) is 0.125. The minimum atomic E-state index is -0.669. The van der Waals surface area contributed by atoms with Crippen LogP contribution in [0.5, 0.6) is 5.75 Å². The predicted octanol–water partition coefficient (Wildman–Crippen LogP) is 3.36. The van der Waals surface area contributed by atoms with E-state index in [1.807, 2.05) is 30.3 Å². The van der Waals surface area contributed by atoms with Crippen LogP contribution in [0.25, 0.3) is 33.5 Å². The lowest BCUT2D eigenvalue weighted by molar-refractivity contribution is -0.141. The molecule has 160 valence electrons. The fourth-order valence-electron chi connectivity index (χ4n) is 3.27. The Morgan fingerprint density at radius 1 is 1.03 bits per heavy atom. The molecule has 0 spiro atoms. The van der Waals surface area contributed by atoms with Crippen LogP contribution in [0.15, 0.2) is 67.0 Å². The van der Waals surface area contributed by atoms with Gasteiger partial charge in [-0.2, -0.15) is 0 Å². The number of aromatic nitrogens is 3. The Hall–Kier alpha value is -4.33. The summed E-state index contributed by atoms with van der Waals surface area (Å²) in [6.07, 6.45) is 3.20. The zero-order chi connectivity index (χ0) is 22.5. The van der Waals surface area contributed by atoms with Crippen molar-refractivity contribution in [1.29, 1.82) is 0 Å². The molecule has 0 radical (unpaired) electrons. The van der Waals surface area contributed by atoms with Gasteiger partial charge in [0.25, 0.3) is 5.91 Å². The van der Waals surface area contributed by atoms with Crippen LogP contribution in [-0.2, 0) is 9.53 Å². The number of hydrogen-bond donors (Lipinski definition) is 2. The minimum Gasteiger partial charge on any atom is -0.506 e. The number of fused-ring (bicyclic) bond motifs is 1. The maximum Gasteiger partial charge on any atom is 0.325 e. The number of nitrogens with one attached hydrogen (secondary N) is 1. The number of carbonyl (C=O) groups excluding carboxylic acids is 2. The summed E-state index contributed by atoms with van der Waals surface area (Å²) >= 11 is 0. The zero-order valence-electron chi connectivity index (χ0n) is 17.3. The summed E-state index contributed by atoms with van der Waals surface area (Å²) in [5.41, 5.74) is 2.70. The summed E-state index contributed by atoms with van der Waals surface area (Å²) in [4.78, 5) is 38.1. The van der Waals surface area contributed by atoms with E-state index in [9.17, 15) is 14.7 Å². The van der Waals surface area contributed by atoms with Gasteiger partial charge in [-0.1, -0.05) is 36.4 Å². The van der Waals surface area contributed by atoms with Crippen molar-refractivity contribution in [3.63, 3.8) is 0 Å². The van der Waals surface area contributed by atoms with Gasteiger partial charge in [-0.25, -0.2) is 4.98 Å². The van der Waals surface area contributed by atoms with Crippen molar-refractivity contribution in [2.24, 2.45) is 0 Å². The lowest BCUT2D eigenvalue weighted by Gasteiger charge is -2.13. The van der Waals surface area contributed by atoms with Crippen molar-refractivity contribution in [3.05, 3.63) is 72.6 Å². The molecular weight excluding hydrogens is 408 g/mol. The number of esters is 1. The van der Waals surface area contributed by atoms with E-state index in [2.05, 4.69) is 20.3 Å². The monoisotopic (exact) mass is 428 g/mol. The summed E-state index contributed by atoms with van der Waals surface area (Å²) < 4.78 is 4.86. The number of phenolic OH excluding ortho intramolecular Hbond substituents is 1. The molecule has 0 saturated carbocycles. The van der Waals surface area contributed by atoms with Crippen molar-refractivity contribution in [2.45, 2.75) is 6.92 Å². The zero-order valence-corrected chi connectivity index (χ0v) is 17.3. The first-order valence-electron chi connectivity index (χ1n) is 10.0. The molecule has 4 aromatic rings. The minimum absolute atomic E-state index is 0.0854. The Kier molecular flexibility index (Phi) is 6.03. The van der Waals surface area contributed by atoms with Crippen LogP contribution in [0.2, 0.25) is 0 Å². The van der Waals surface area contributed by atoms with Gasteiger partial charge in [-0.15, -0.1) is 0 Å². The highest BCUT2D eigenvalue weighted by atomic mass is 16.5. The van der Waals surface area contributed by atoms with Gasteiger partial charge in [0.05, 0.1) is 29.7 Å². The van der Waals surface area contributed by atoms with Gasteiger partial charge < -0.3 is 15.2 Å². The Bertz CT molecular complexity index is 1280. The lowest BCUT2D eigenvalue weighted by Crippen LogP contribution is -2.31. The number of ether oxygens (including phenoxy) is 1. The number of rotatable bonds is 6. The van der Waals surface area contributed by atoms with E-state index in [1.54, 1.807) is 43.6 Å². The van der Waals surface area contributed by atoms with E-state index in [-0.39, 0.29) is 30.0 Å². The van der Waals surface area contributed by atoms with Gasteiger partial charge in [0, 0.05) is 17.3 Å². The molecule has 0 saturated heterocycles. The Labute approximate surface area is 183 Å².